The number of alkyl halides is 5. The molecular formula is C24H27F5N4O4. The summed E-state index contributed by atoms with van der Waals surface area (Å²) in [4.78, 5) is 21.5. The number of rotatable bonds is 8. The molecule has 8 nitrogen and oxygen atoms in total. The number of anilines is 1. The zero-order chi connectivity index (χ0) is 26.8. The number of aromatic nitrogens is 2. The lowest BCUT2D eigenvalue weighted by atomic mass is 9.97. The van der Waals surface area contributed by atoms with Gasteiger partial charge in [-0.3, -0.25) is 4.79 Å². The van der Waals surface area contributed by atoms with Crippen molar-refractivity contribution in [3.63, 3.8) is 0 Å². The number of aryl methyl sites for hydroxylation is 1. The van der Waals surface area contributed by atoms with E-state index in [2.05, 4.69) is 20.6 Å². The Morgan fingerprint density at radius 3 is 2.49 bits per heavy atom. The first-order valence-corrected chi connectivity index (χ1v) is 11.7. The zero-order valence-corrected chi connectivity index (χ0v) is 20.3. The van der Waals surface area contributed by atoms with E-state index in [4.69, 9.17) is 14.2 Å². The van der Waals surface area contributed by atoms with Gasteiger partial charge in [0.2, 0.25) is 5.91 Å². The molecule has 2 aliphatic heterocycles. The van der Waals surface area contributed by atoms with Gasteiger partial charge in [0, 0.05) is 32.1 Å². The predicted molar refractivity (Wildman–Crippen MR) is 121 cm³/mol. The Labute approximate surface area is 209 Å². The Morgan fingerprint density at radius 1 is 1.14 bits per heavy atom. The van der Waals surface area contributed by atoms with E-state index in [-0.39, 0.29) is 54.8 Å². The smallest absolute Gasteiger partial charge is 0.379 e. The summed E-state index contributed by atoms with van der Waals surface area (Å²) in [5.74, 6) is -3.44. The van der Waals surface area contributed by atoms with E-state index in [0.29, 0.717) is 5.56 Å². The molecule has 1 aromatic carbocycles. The summed E-state index contributed by atoms with van der Waals surface area (Å²) < 4.78 is 84.8. The quantitative estimate of drug-likeness (QED) is 0.500. The second-order valence-corrected chi connectivity index (χ2v) is 9.10. The molecule has 13 heteroatoms. The summed E-state index contributed by atoms with van der Waals surface area (Å²) in [7, 11) is 0. The second kappa shape index (κ2) is 10.5. The van der Waals surface area contributed by atoms with Crippen molar-refractivity contribution in [3.05, 3.63) is 52.5 Å². The molecule has 0 radical (unpaired) electrons. The van der Waals surface area contributed by atoms with Gasteiger partial charge >= 0.3 is 6.18 Å². The number of amides is 1. The summed E-state index contributed by atoms with van der Waals surface area (Å²) in [6.07, 6.45) is -6.54. The van der Waals surface area contributed by atoms with Crippen LogP contribution >= 0.6 is 0 Å². The highest BCUT2D eigenvalue weighted by Gasteiger charge is 2.58. The van der Waals surface area contributed by atoms with Gasteiger partial charge in [0.1, 0.15) is 11.6 Å². The maximum absolute atomic E-state index is 13.7. The highest BCUT2D eigenvalue weighted by molar-refractivity contribution is 5.80. The predicted octanol–water partition coefficient (Wildman–Crippen LogP) is 3.93. The monoisotopic (exact) mass is 530 g/mol. The summed E-state index contributed by atoms with van der Waals surface area (Å²) in [6, 6.07) is 5.85. The van der Waals surface area contributed by atoms with Crippen LogP contribution in [0.4, 0.5) is 27.8 Å². The van der Waals surface area contributed by atoms with Gasteiger partial charge in [-0.2, -0.15) is 13.2 Å². The second-order valence-electron chi connectivity index (χ2n) is 9.10. The van der Waals surface area contributed by atoms with Crippen molar-refractivity contribution in [3.8, 4) is 0 Å². The van der Waals surface area contributed by atoms with Gasteiger partial charge < -0.3 is 24.8 Å². The van der Waals surface area contributed by atoms with Crippen molar-refractivity contribution in [2.24, 2.45) is 0 Å². The molecule has 0 spiro atoms. The van der Waals surface area contributed by atoms with Crippen LogP contribution in [0.5, 0.6) is 0 Å². The molecule has 1 amide bonds. The molecule has 1 aromatic heterocycles. The van der Waals surface area contributed by atoms with Crippen molar-refractivity contribution in [1.82, 2.24) is 15.3 Å². The highest BCUT2D eigenvalue weighted by atomic mass is 19.4. The molecule has 1 unspecified atom stereocenters. The molecule has 0 aliphatic carbocycles. The third kappa shape index (κ3) is 6.16. The number of benzene rings is 1. The fraction of sp³-hybridized carbons (Fsp3) is 0.542. The summed E-state index contributed by atoms with van der Waals surface area (Å²) >= 11 is 0. The molecule has 0 saturated carbocycles. The largest absolute Gasteiger partial charge is 0.413 e. The van der Waals surface area contributed by atoms with Crippen LogP contribution < -0.4 is 10.6 Å². The SMILES string of the molecule is Cc1nc(CC(=O)NC2(C(F)(F)F)CCOC2)c(C2OCCO2)c(NCc2cccc(C(C)(F)F)c2)n1. The number of hydrogen-bond acceptors (Lipinski definition) is 7. The molecule has 202 valence electrons. The average molecular weight is 530 g/mol. The Bertz CT molecular complexity index is 1130. The average Bonchev–Trinajstić information content (AvgIpc) is 3.50. The summed E-state index contributed by atoms with van der Waals surface area (Å²) in [6.45, 7) is 2.18. The molecule has 2 aromatic rings. The van der Waals surface area contributed by atoms with Gasteiger partial charge in [-0.25, -0.2) is 18.7 Å². The zero-order valence-electron chi connectivity index (χ0n) is 20.3. The first kappa shape index (κ1) is 27.1. The molecule has 37 heavy (non-hydrogen) atoms. The molecule has 1 atom stereocenters. The Kier molecular flexibility index (Phi) is 7.67. The van der Waals surface area contributed by atoms with Gasteiger partial charge in [-0.1, -0.05) is 18.2 Å². The van der Waals surface area contributed by atoms with Gasteiger partial charge in [0.25, 0.3) is 5.92 Å². The van der Waals surface area contributed by atoms with E-state index in [1.165, 1.54) is 18.2 Å². The minimum absolute atomic E-state index is 0.0975. The van der Waals surface area contributed by atoms with Crippen LogP contribution in [0.3, 0.4) is 0 Å². The molecule has 4 rings (SSSR count). The Balaban J connectivity index is 1.60. The lowest BCUT2D eigenvalue weighted by molar-refractivity contribution is -0.197. The molecule has 0 bridgehead atoms. The van der Waals surface area contributed by atoms with E-state index in [9.17, 15) is 26.7 Å². The normalized spacial score (nSPS) is 20.8. The number of nitrogens with one attached hydrogen (secondary N) is 2. The minimum atomic E-state index is -4.70. The van der Waals surface area contributed by atoms with Crippen molar-refractivity contribution in [1.29, 1.82) is 0 Å². The van der Waals surface area contributed by atoms with E-state index >= 15 is 0 Å². The Morgan fingerprint density at radius 2 is 1.86 bits per heavy atom. The van der Waals surface area contributed by atoms with Crippen LogP contribution in [0, 0.1) is 6.92 Å². The van der Waals surface area contributed by atoms with Crippen LogP contribution in [0.25, 0.3) is 0 Å². The van der Waals surface area contributed by atoms with E-state index in [1.807, 2.05) is 0 Å². The van der Waals surface area contributed by atoms with Crippen LogP contribution in [-0.2, 0) is 37.9 Å². The number of carbonyl (C=O) groups excluding carboxylic acids is 1. The lowest BCUT2D eigenvalue weighted by Crippen LogP contribution is -2.59. The van der Waals surface area contributed by atoms with Crippen molar-refractivity contribution in [2.45, 2.75) is 57.2 Å². The van der Waals surface area contributed by atoms with E-state index < -0.39 is 49.3 Å². The Hall–Kier alpha value is -2.90. The van der Waals surface area contributed by atoms with Crippen LogP contribution in [0.1, 0.15) is 47.8 Å². The fourth-order valence-corrected chi connectivity index (χ4v) is 4.24. The molecular weight excluding hydrogens is 503 g/mol. The minimum Gasteiger partial charge on any atom is -0.379 e. The summed E-state index contributed by atoms with van der Waals surface area (Å²) in [5, 5.41) is 5.15. The first-order valence-electron chi connectivity index (χ1n) is 11.7. The lowest BCUT2D eigenvalue weighted by Gasteiger charge is -2.31. The maximum Gasteiger partial charge on any atom is 0.413 e. The van der Waals surface area contributed by atoms with Gasteiger partial charge in [0.15, 0.2) is 11.8 Å². The van der Waals surface area contributed by atoms with Crippen molar-refractivity contribution < 1.29 is 41.0 Å². The number of ether oxygens (including phenoxy) is 3. The third-order valence-electron chi connectivity index (χ3n) is 6.16. The van der Waals surface area contributed by atoms with Crippen LogP contribution in [0.2, 0.25) is 0 Å². The fourth-order valence-electron chi connectivity index (χ4n) is 4.24. The topological polar surface area (TPSA) is 94.6 Å². The first-order chi connectivity index (χ1) is 17.4. The van der Waals surface area contributed by atoms with Gasteiger partial charge in [0.05, 0.1) is 37.5 Å². The molecule has 2 saturated heterocycles. The van der Waals surface area contributed by atoms with E-state index in [1.54, 1.807) is 13.0 Å². The van der Waals surface area contributed by atoms with Crippen LogP contribution in [0.15, 0.2) is 24.3 Å². The van der Waals surface area contributed by atoms with Crippen LogP contribution in [-0.4, -0.2) is 54.0 Å². The molecule has 2 aliphatic rings. The number of halogens is 5. The van der Waals surface area contributed by atoms with Gasteiger partial charge in [-0.05, 0) is 18.6 Å². The third-order valence-corrected chi connectivity index (χ3v) is 6.16. The summed E-state index contributed by atoms with van der Waals surface area (Å²) in [5.41, 5.74) is -1.69. The van der Waals surface area contributed by atoms with Crippen molar-refractivity contribution >= 4 is 11.7 Å². The molecule has 2 N–H and O–H groups in total. The number of carbonyl (C=O) groups is 1. The maximum atomic E-state index is 13.7. The highest BCUT2D eigenvalue weighted by Crippen LogP contribution is 2.37. The molecule has 2 fully saturated rings. The standard InChI is InChI=1S/C24H27F5N4O4/c1-14-31-17(11-18(34)33-23(24(27,28)29)6-7-35-13-23)19(21-36-8-9-37-21)20(32-14)30-12-15-4-3-5-16(10-15)22(2,25)26/h3-5,10,21H,6-9,11-13H2,1-2H3,(H,33,34)(H,30,31,32). The van der Waals surface area contributed by atoms with Crippen molar-refractivity contribution in [2.75, 3.05) is 31.7 Å². The van der Waals surface area contributed by atoms with Gasteiger partial charge in [-0.15, -0.1) is 0 Å². The van der Waals surface area contributed by atoms with E-state index in [0.717, 1.165) is 6.92 Å². The molecule has 3 heterocycles. The number of hydrogen-bond donors (Lipinski definition) is 2. The number of nitrogens with zero attached hydrogens (tertiary/aromatic N) is 2.